The van der Waals surface area contributed by atoms with Crippen molar-refractivity contribution >= 4 is 17.9 Å². The van der Waals surface area contributed by atoms with Crippen LogP contribution in [0.1, 0.15) is 23.6 Å². The molecule has 0 aliphatic carbocycles. The van der Waals surface area contributed by atoms with E-state index in [1.165, 1.54) is 0 Å². The molecule has 168 valence electrons. The second-order valence-corrected chi connectivity index (χ2v) is 8.19. The lowest BCUT2D eigenvalue weighted by Crippen LogP contribution is -2.51. The summed E-state index contributed by atoms with van der Waals surface area (Å²) in [5.74, 6) is -0.297. The lowest BCUT2D eigenvalue weighted by Gasteiger charge is -2.42. The molecular weight excluding hydrogens is 412 g/mol. The van der Waals surface area contributed by atoms with E-state index in [4.69, 9.17) is 4.74 Å². The van der Waals surface area contributed by atoms with Crippen LogP contribution in [0.4, 0.5) is 4.79 Å². The monoisotopic (exact) mass is 438 g/mol. The standard InChI is InChI=1S/C23H26N4O5/c28-20(10-25-23(31)32-15-16-5-2-1-3-6-16)24-11-22(30)26-12-17-9-18(14-26)19-7-4-8-21(29)27(19)13-17/h1-8,17-18H,9-15H2,(H,24,28)(H,25,31)/t17-,18-/m1/s1. The zero-order valence-electron chi connectivity index (χ0n) is 17.7. The van der Waals surface area contributed by atoms with Crippen molar-refractivity contribution in [1.82, 2.24) is 20.1 Å². The fourth-order valence-electron chi connectivity index (χ4n) is 4.38. The first-order valence-electron chi connectivity index (χ1n) is 10.7. The van der Waals surface area contributed by atoms with Gasteiger partial charge in [-0.1, -0.05) is 36.4 Å². The van der Waals surface area contributed by atoms with Crippen molar-refractivity contribution in [3.63, 3.8) is 0 Å². The number of piperidine rings is 1. The van der Waals surface area contributed by atoms with E-state index in [0.717, 1.165) is 17.7 Å². The van der Waals surface area contributed by atoms with Gasteiger partial charge in [0.2, 0.25) is 11.8 Å². The maximum Gasteiger partial charge on any atom is 0.407 e. The maximum atomic E-state index is 12.6. The zero-order valence-corrected chi connectivity index (χ0v) is 17.7. The van der Waals surface area contributed by atoms with Gasteiger partial charge in [0, 0.05) is 37.3 Å². The highest BCUT2D eigenvalue weighted by Crippen LogP contribution is 2.34. The minimum Gasteiger partial charge on any atom is -0.445 e. The number of likely N-dealkylation sites (tertiary alicyclic amines) is 1. The van der Waals surface area contributed by atoms with Gasteiger partial charge >= 0.3 is 6.09 Å². The Morgan fingerprint density at radius 3 is 2.56 bits per heavy atom. The molecule has 1 aromatic carbocycles. The lowest BCUT2D eigenvalue weighted by molar-refractivity contribution is -0.135. The van der Waals surface area contributed by atoms with E-state index in [2.05, 4.69) is 10.6 Å². The van der Waals surface area contributed by atoms with Crippen LogP contribution in [-0.2, 0) is 27.5 Å². The minimum atomic E-state index is -0.701. The lowest BCUT2D eigenvalue weighted by atomic mass is 9.83. The second-order valence-electron chi connectivity index (χ2n) is 8.19. The quantitative estimate of drug-likeness (QED) is 0.695. The summed E-state index contributed by atoms with van der Waals surface area (Å²) < 4.78 is 6.86. The van der Waals surface area contributed by atoms with Crippen molar-refractivity contribution in [2.24, 2.45) is 5.92 Å². The molecular formula is C23H26N4O5. The number of fused-ring (bicyclic) bond motifs is 4. The number of nitrogens with one attached hydrogen (secondary N) is 2. The number of hydrogen-bond acceptors (Lipinski definition) is 5. The van der Waals surface area contributed by atoms with E-state index in [1.54, 1.807) is 17.0 Å². The normalized spacial score (nSPS) is 18.9. The highest BCUT2D eigenvalue weighted by Gasteiger charge is 2.36. The molecule has 9 nitrogen and oxygen atoms in total. The number of carbonyl (C=O) groups excluding carboxylic acids is 3. The van der Waals surface area contributed by atoms with Crippen LogP contribution in [0.2, 0.25) is 0 Å². The molecule has 0 unspecified atom stereocenters. The Morgan fingerprint density at radius 1 is 0.938 bits per heavy atom. The molecule has 32 heavy (non-hydrogen) atoms. The molecule has 2 bridgehead atoms. The fraction of sp³-hybridized carbons (Fsp3) is 0.391. The maximum absolute atomic E-state index is 12.6. The second kappa shape index (κ2) is 9.67. The summed E-state index contributed by atoms with van der Waals surface area (Å²) in [5, 5.41) is 4.92. The number of benzene rings is 1. The van der Waals surface area contributed by atoms with E-state index < -0.39 is 12.0 Å². The van der Waals surface area contributed by atoms with Crippen molar-refractivity contribution in [2.45, 2.75) is 25.5 Å². The van der Waals surface area contributed by atoms with Crippen LogP contribution in [0.15, 0.2) is 53.3 Å². The largest absolute Gasteiger partial charge is 0.445 e. The third-order valence-electron chi connectivity index (χ3n) is 5.88. The van der Waals surface area contributed by atoms with Gasteiger partial charge in [0.05, 0.1) is 6.54 Å². The molecule has 2 N–H and O–H groups in total. The molecule has 1 fully saturated rings. The Kier molecular flexibility index (Phi) is 6.53. The average Bonchev–Trinajstić information content (AvgIpc) is 2.81. The van der Waals surface area contributed by atoms with Crippen LogP contribution in [-0.4, -0.2) is 53.6 Å². The Morgan fingerprint density at radius 2 is 1.75 bits per heavy atom. The predicted octanol–water partition coefficient (Wildman–Crippen LogP) is 0.837. The van der Waals surface area contributed by atoms with Gasteiger partial charge in [-0.3, -0.25) is 14.4 Å². The summed E-state index contributed by atoms with van der Waals surface area (Å²) in [6, 6.07) is 14.5. The van der Waals surface area contributed by atoms with E-state index in [-0.39, 0.29) is 43.0 Å². The molecule has 3 heterocycles. The number of aromatic nitrogens is 1. The van der Waals surface area contributed by atoms with Crippen molar-refractivity contribution in [2.75, 3.05) is 26.2 Å². The van der Waals surface area contributed by atoms with Crippen molar-refractivity contribution in [3.05, 3.63) is 70.1 Å². The Labute approximate surface area is 185 Å². The molecule has 9 heteroatoms. The molecule has 2 aliphatic heterocycles. The molecule has 3 amide bonds. The van der Waals surface area contributed by atoms with Gasteiger partial charge in [0.1, 0.15) is 13.2 Å². The van der Waals surface area contributed by atoms with Gasteiger partial charge < -0.3 is 24.8 Å². The SMILES string of the molecule is O=C(CNC(=O)OCc1ccccc1)NCC(=O)N1C[C@H]2C[C@H](C1)c1cccc(=O)n1C2. The van der Waals surface area contributed by atoms with Crippen LogP contribution >= 0.6 is 0 Å². The first-order chi connectivity index (χ1) is 15.5. The average molecular weight is 438 g/mol. The number of alkyl carbamates (subject to hydrolysis) is 1. The van der Waals surface area contributed by atoms with Gasteiger partial charge in [-0.15, -0.1) is 0 Å². The third kappa shape index (κ3) is 5.16. The molecule has 1 aromatic heterocycles. The number of pyridine rings is 1. The fourth-order valence-corrected chi connectivity index (χ4v) is 4.38. The first kappa shape index (κ1) is 21.6. The number of carbonyl (C=O) groups is 3. The number of amides is 3. The highest BCUT2D eigenvalue weighted by atomic mass is 16.5. The minimum absolute atomic E-state index is 0.000893. The summed E-state index contributed by atoms with van der Waals surface area (Å²) in [6.07, 6.45) is 0.252. The summed E-state index contributed by atoms with van der Waals surface area (Å²) >= 11 is 0. The predicted molar refractivity (Wildman–Crippen MR) is 116 cm³/mol. The summed E-state index contributed by atoms with van der Waals surface area (Å²) in [6.45, 7) is 1.40. The molecule has 0 saturated carbocycles. The van der Waals surface area contributed by atoms with Gasteiger partial charge in [-0.05, 0) is 24.0 Å². The number of ether oxygens (including phenoxy) is 1. The molecule has 2 atom stereocenters. The molecule has 0 spiro atoms. The summed E-state index contributed by atoms with van der Waals surface area (Å²) in [5.41, 5.74) is 1.81. The summed E-state index contributed by atoms with van der Waals surface area (Å²) in [4.78, 5) is 50.2. The number of hydrogen-bond donors (Lipinski definition) is 2. The smallest absolute Gasteiger partial charge is 0.407 e. The Hall–Kier alpha value is -3.62. The van der Waals surface area contributed by atoms with Crippen LogP contribution < -0.4 is 16.2 Å². The number of rotatable bonds is 6. The van der Waals surface area contributed by atoms with Gasteiger partial charge in [-0.2, -0.15) is 0 Å². The van der Waals surface area contributed by atoms with Gasteiger partial charge in [0.25, 0.3) is 5.56 Å². The summed E-state index contributed by atoms with van der Waals surface area (Å²) in [7, 11) is 0. The van der Waals surface area contributed by atoms with Crippen molar-refractivity contribution in [3.8, 4) is 0 Å². The van der Waals surface area contributed by atoms with Crippen LogP contribution in [0.5, 0.6) is 0 Å². The van der Waals surface area contributed by atoms with E-state index in [0.29, 0.717) is 19.6 Å². The van der Waals surface area contributed by atoms with E-state index in [9.17, 15) is 19.2 Å². The van der Waals surface area contributed by atoms with Crippen LogP contribution in [0, 0.1) is 5.92 Å². The van der Waals surface area contributed by atoms with Gasteiger partial charge in [-0.25, -0.2) is 4.79 Å². The molecule has 2 aliphatic rings. The highest BCUT2D eigenvalue weighted by molar-refractivity contribution is 5.87. The first-order valence-corrected chi connectivity index (χ1v) is 10.7. The molecule has 2 aromatic rings. The zero-order chi connectivity index (χ0) is 22.5. The van der Waals surface area contributed by atoms with Gasteiger partial charge in [0.15, 0.2) is 0 Å². The van der Waals surface area contributed by atoms with E-state index >= 15 is 0 Å². The van der Waals surface area contributed by atoms with Crippen molar-refractivity contribution < 1.29 is 19.1 Å². The molecule has 0 radical (unpaired) electrons. The topological polar surface area (TPSA) is 110 Å². The van der Waals surface area contributed by atoms with E-state index in [1.807, 2.05) is 41.0 Å². The third-order valence-corrected chi connectivity index (χ3v) is 5.88. The van der Waals surface area contributed by atoms with Crippen molar-refractivity contribution in [1.29, 1.82) is 0 Å². The van der Waals surface area contributed by atoms with Crippen LogP contribution in [0.25, 0.3) is 0 Å². The van der Waals surface area contributed by atoms with Crippen LogP contribution in [0.3, 0.4) is 0 Å². The Bertz CT molecular complexity index is 1050. The molecule has 1 saturated heterocycles. The molecule has 4 rings (SSSR count). The number of nitrogens with zero attached hydrogens (tertiary/aromatic N) is 2. The Balaban J connectivity index is 1.20.